The molecule has 0 spiro atoms. The number of fused-ring (bicyclic) bond motifs is 3. The summed E-state index contributed by atoms with van der Waals surface area (Å²) in [5.41, 5.74) is 1.26. The monoisotopic (exact) mass is 412 g/mol. The van der Waals surface area contributed by atoms with Crippen LogP contribution in [-0.4, -0.2) is 17.6 Å². The van der Waals surface area contributed by atoms with Gasteiger partial charge in [0.2, 0.25) is 0 Å². The number of benzene rings is 2. The molecule has 0 fully saturated rings. The van der Waals surface area contributed by atoms with Crippen LogP contribution >= 0.6 is 22.9 Å². The summed E-state index contributed by atoms with van der Waals surface area (Å²) >= 11 is 7.34. The van der Waals surface area contributed by atoms with E-state index in [1.165, 1.54) is 18.4 Å². The lowest BCUT2D eigenvalue weighted by molar-refractivity contribution is 0.103. The van der Waals surface area contributed by atoms with Crippen molar-refractivity contribution in [2.45, 2.75) is 13.5 Å². The second kappa shape index (κ2) is 7.30. The van der Waals surface area contributed by atoms with Crippen molar-refractivity contribution in [2.24, 2.45) is 0 Å². The van der Waals surface area contributed by atoms with E-state index in [2.05, 4.69) is 5.32 Å². The lowest BCUT2D eigenvalue weighted by Crippen LogP contribution is -2.19. The number of nitrogens with zero attached hydrogens (tertiary/aromatic N) is 1. The number of anilines is 1. The molecule has 0 bridgehead atoms. The summed E-state index contributed by atoms with van der Waals surface area (Å²) in [5, 5.41) is 4.83. The summed E-state index contributed by atoms with van der Waals surface area (Å²) < 4.78 is 7.82. The number of rotatable bonds is 4. The molecule has 2 aromatic heterocycles. The molecule has 0 aliphatic carbocycles. The summed E-state index contributed by atoms with van der Waals surface area (Å²) in [6.07, 6.45) is 0. The van der Waals surface area contributed by atoms with Crippen molar-refractivity contribution < 1.29 is 9.53 Å². The molecule has 2 aromatic carbocycles. The number of aromatic nitrogens is 1. The third kappa shape index (κ3) is 3.04. The molecular formula is C21H17ClN2O3S. The Morgan fingerprint density at radius 3 is 2.71 bits per heavy atom. The number of nitrogens with one attached hydrogen (secondary N) is 1. The lowest BCUT2D eigenvalue weighted by Gasteiger charge is -2.09. The van der Waals surface area contributed by atoms with E-state index in [0.717, 1.165) is 15.6 Å². The normalized spacial score (nSPS) is 11.1. The Morgan fingerprint density at radius 2 is 1.96 bits per heavy atom. The van der Waals surface area contributed by atoms with Crippen LogP contribution in [0.4, 0.5) is 5.69 Å². The molecule has 0 radical (unpaired) electrons. The predicted molar refractivity (Wildman–Crippen MR) is 115 cm³/mol. The Bertz CT molecular complexity index is 1280. The number of halogens is 1. The van der Waals surface area contributed by atoms with Crippen LogP contribution in [0.3, 0.4) is 0 Å². The number of aryl methyl sites for hydroxylation is 1. The van der Waals surface area contributed by atoms with Gasteiger partial charge >= 0.3 is 0 Å². The van der Waals surface area contributed by atoms with Crippen LogP contribution in [0.1, 0.15) is 16.6 Å². The minimum absolute atomic E-state index is 0.0909. The smallest absolute Gasteiger partial charge is 0.265 e. The number of methoxy groups -OCH3 is 1. The number of para-hydroxylation sites is 1. The van der Waals surface area contributed by atoms with Gasteiger partial charge in [-0.3, -0.25) is 9.59 Å². The first-order valence-electron chi connectivity index (χ1n) is 8.73. The van der Waals surface area contributed by atoms with E-state index >= 15 is 0 Å². The predicted octanol–water partition coefficient (Wildman–Crippen LogP) is 5.15. The summed E-state index contributed by atoms with van der Waals surface area (Å²) in [4.78, 5) is 26.2. The summed E-state index contributed by atoms with van der Waals surface area (Å²) in [6, 6.07) is 14.4. The number of carbonyl (C=O) groups is 1. The van der Waals surface area contributed by atoms with Gasteiger partial charge in [-0.05, 0) is 37.3 Å². The molecule has 0 aliphatic heterocycles. The minimum Gasteiger partial charge on any atom is -0.495 e. The molecule has 4 rings (SSSR count). The van der Waals surface area contributed by atoms with E-state index in [0.29, 0.717) is 33.3 Å². The molecule has 4 aromatic rings. The van der Waals surface area contributed by atoms with Gasteiger partial charge in [-0.25, -0.2) is 0 Å². The van der Waals surface area contributed by atoms with Gasteiger partial charge in [-0.1, -0.05) is 29.8 Å². The van der Waals surface area contributed by atoms with Gasteiger partial charge in [0.05, 0.1) is 28.6 Å². The van der Waals surface area contributed by atoms with Crippen molar-refractivity contribution in [3.63, 3.8) is 0 Å². The molecule has 142 valence electrons. The first-order valence-corrected chi connectivity index (χ1v) is 9.93. The summed E-state index contributed by atoms with van der Waals surface area (Å²) in [6.45, 7) is 2.50. The molecule has 2 heterocycles. The molecule has 0 unspecified atom stereocenters. The highest BCUT2D eigenvalue weighted by Gasteiger charge is 2.18. The molecular weight excluding hydrogens is 396 g/mol. The number of thiophene rings is 1. The first-order chi connectivity index (χ1) is 13.5. The van der Waals surface area contributed by atoms with Crippen molar-refractivity contribution in [3.8, 4) is 5.75 Å². The van der Waals surface area contributed by atoms with Crippen LogP contribution in [0.15, 0.2) is 53.3 Å². The largest absolute Gasteiger partial charge is 0.495 e. The van der Waals surface area contributed by atoms with Crippen molar-refractivity contribution in [1.29, 1.82) is 0 Å². The van der Waals surface area contributed by atoms with Crippen LogP contribution in [0.2, 0.25) is 5.02 Å². The average Bonchev–Trinajstić information content (AvgIpc) is 3.15. The van der Waals surface area contributed by atoms with Gasteiger partial charge in [0.1, 0.15) is 5.75 Å². The first kappa shape index (κ1) is 18.5. The van der Waals surface area contributed by atoms with Crippen LogP contribution < -0.4 is 15.6 Å². The molecule has 7 heteroatoms. The van der Waals surface area contributed by atoms with E-state index in [1.807, 2.05) is 31.2 Å². The van der Waals surface area contributed by atoms with E-state index in [4.69, 9.17) is 16.3 Å². The summed E-state index contributed by atoms with van der Waals surface area (Å²) in [7, 11) is 1.53. The maximum atomic E-state index is 12.9. The molecule has 0 saturated heterocycles. The van der Waals surface area contributed by atoms with Crippen LogP contribution in [-0.2, 0) is 6.54 Å². The Labute approximate surface area is 170 Å². The Morgan fingerprint density at radius 1 is 1.18 bits per heavy atom. The second-order valence-corrected chi connectivity index (χ2v) is 7.71. The summed E-state index contributed by atoms with van der Waals surface area (Å²) in [5.74, 6) is 0.200. The highest BCUT2D eigenvalue weighted by Crippen LogP contribution is 2.32. The molecule has 0 saturated carbocycles. The van der Waals surface area contributed by atoms with Gasteiger partial charge < -0.3 is 14.6 Å². The number of hydrogen-bond donors (Lipinski definition) is 1. The average molecular weight is 413 g/mol. The fourth-order valence-corrected chi connectivity index (χ4v) is 4.54. The van der Waals surface area contributed by atoms with Crippen molar-refractivity contribution in [1.82, 2.24) is 4.57 Å². The number of amides is 1. The molecule has 28 heavy (non-hydrogen) atoms. The Hall–Kier alpha value is -2.83. The van der Waals surface area contributed by atoms with Gasteiger partial charge in [0, 0.05) is 21.7 Å². The van der Waals surface area contributed by atoms with E-state index in [-0.39, 0.29) is 11.5 Å². The Kier molecular flexibility index (Phi) is 4.83. The Balaban J connectivity index is 1.83. The molecule has 0 atom stereocenters. The fourth-order valence-electron chi connectivity index (χ4n) is 3.29. The number of pyridine rings is 1. The van der Waals surface area contributed by atoms with E-state index in [1.54, 1.807) is 28.8 Å². The molecule has 5 nitrogen and oxygen atoms in total. The van der Waals surface area contributed by atoms with E-state index in [9.17, 15) is 9.59 Å². The third-order valence-electron chi connectivity index (χ3n) is 4.60. The van der Waals surface area contributed by atoms with Crippen LogP contribution in [0.5, 0.6) is 5.75 Å². The SMILES string of the molecule is CCn1c(=O)c2cc(C(=O)Nc3cc(Cl)ccc3OC)sc2c2ccccc21. The lowest BCUT2D eigenvalue weighted by atomic mass is 10.1. The van der Waals surface area contributed by atoms with Crippen LogP contribution in [0.25, 0.3) is 21.0 Å². The van der Waals surface area contributed by atoms with Crippen molar-refractivity contribution in [2.75, 3.05) is 12.4 Å². The molecule has 1 amide bonds. The molecule has 0 aliphatic rings. The fraction of sp³-hybridized carbons (Fsp3) is 0.143. The standard InChI is InChI=1S/C21H17ClN2O3S/c1-3-24-16-7-5-4-6-13(16)19-14(21(24)26)11-18(28-19)20(25)23-15-10-12(22)8-9-17(15)27-2/h4-11H,3H2,1-2H3,(H,23,25). The van der Waals surface area contributed by atoms with Gasteiger partial charge in [0.15, 0.2) is 0 Å². The topological polar surface area (TPSA) is 60.3 Å². The highest BCUT2D eigenvalue weighted by atomic mass is 35.5. The van der Waals surface area contributed by atoms with Gasteiger partial charge in [-0.2, -0.15) is 0 Å². The maximum absolute atomic E-state index is 12.9. The van der Waals surface area contributed by atoms with Crippen molar-refractivity contribution in [3.05, 3.63) is 68.8 Å². The maximum Gasteiger partial charge on any atom is 0.265 e. The number of ether oxygens (including phenoxy) is 1. The second-order valence-electron chi connectivity index (χ2n) is 6.22. The van der Waals surface area contributed by atoms with Crippen LogP contribution in [0, 0.1) is 0 Å². The zero-order valence-corrected chi connectivity index (χ0v) is 16.9. The third-order valence-corrected chi connectivity index (χ3v) is 6.00. The zero-order chi connectivity index (χ0) is 19.8. The number of carbonyl (C=O) groups excluding carboxylic acids is 1. The van der Waals surface area contributed by atoms with E-state index < -0.39 is 0 Å². The van der Waals surface area contributed by atoms with Gasteiger partial charge in [-0.15, -0.1) is 11.3 Å². The zero-order valence-electron chi connectivity index (χ0n) is 15.3. The molecule has 1 N–H and O–H groups in total. The van der Waals surface area contributed by atoms with Gasteiger partial charge in [0.25, 0.3) is 11.5 Å². The minimum atomic E-state index is -0.312. The highest BCUT2D eigenvalue weighted by molar-refractivity contribution is 7.21. The number of hydrogen-bond acceptors (Lipinski definition) is 4. The van der Waals surface area contributed by atoms with Crippen molar-refractivity contribution >= 4 is 55.5 Å². The quantitative estimate of drug-likeness (QED) is 0.504.